The van der Waals surface area contributed by atoms with E-state index in [1.54, 1.807) is 43.2 Å². The van der Waals surface area contributed by atoms with E-state index < -0.39 is 0 Å². The smallest absolute Gasteiger partial charge is 0.253 e. The quantitative estimate of drug-likeness (QED) is 0.941. The molecule has 1 aromatic carbocycles. The Balaban J connectivity index is 2.17. The number of nitrogens with zero attached hydrogens (tertiary/aromatic N) is 3. The molecule has 0 fully saturated rings. The molecule has 0 aliphatic heterocycles. The predicted octanol–water partition coefficient (Wildman–Crippen LogP) is 2.39. The van der Waals surface area contributed by atoms with E-state index >= 15 is 0 Å². The van der Waals surface area contributed by atoms with Gasteiger partial charge in [-0.05, 0) is 24.3 Å². The second-order valence-electron chi connectivity index (χ2n) is 4.69. The molecule has 106 valence electrons. The van der Waals surface area contributed by atoms with Crippen molar-refractivity contribution >= 4 is 23.2 Å². The number of hydrogen-bond acceptors (Lipinski definition) is 3. The minimum Gasteiger partial charge on any atom is -0.378 e. The molecule has 5 nitrogen and oxygen atoms in total. The van der Waals surface area contributed by atoms with Crippen molar-refractivity contribution in [1.29, 1.82) is 0 Å². The van der Waals surface area contributed by atoms with Crippen molar-refractivity contribution in [2.75, 3.05) is 19.4 Å². The van der Waals surface area contributed by atoms with Crippen LogP contribution in [0.2, 0.25) is 5.02 Å². The monoisotopic (exact) mass is 292 g/mol. The molecule has 1 heterocycles. The lowest BCUT2D eigenvalue weighted by Crippen LogP contribution is -2.21. The molecule has 1 aromatic heterocycles. The SMILES string of the molecule is CN(C)C(=O)c1ccc(Cl)c(NCc2ccnn2C)c1. The minimum atomic E-state index is -0.0507. The summed E-state index contributed by atoms with van der Waals surface area (Å²) in [7, 11) is 5.32. The van der Waals surface area contributed by atoms with Crippen LogP contribution >= 0.6 is 11.6 Å². The number of halogens is 1. The van der Waals surface area contributed by atoms with E-state index in [1.807, 2.05) is 13.1 Å². The first-order valence-electron chi connectivity index (χ1n) is 6.21. The van der Waals surface area contributed by atoms with E-state index in [4.69, 9.17) is 11.6 Å². The Bertz CT molecular complexity index is 621. The van der Waals surface area contributed by atoms with Crippen LogP contribution < -0.4 is 5.32 Å². The maximum atomic E-state index is 11.9. The summed E-state index contributed by atoms with van der Waals surface area (Å²) in [4.78, 5) is 13.5. The summed E-state index contributed by atoms with van der Waals surface area (Å²) >= 11 is 6.15. The Morgan fingerprint density at radius 1 is 1.40 bits per heavy atom. The van der Waals surface area contributed by atoms with Gasteiger partial charge in [0.15, 0.2) is 0 Å². The summed E-state index contributed by atoms with van der Waals surface area (Å²) in [6.07, 6.45) is 1.74. The Hall–Kier alpha value is -2.01. The highest BCUT2D eigenvalue weighted by molar-refractivity contribution is 6.33. The van der Waals surface area contributed by atoms with Crippen LogP contribution in [0.4, 0.5) is 5.69 Å². The molecule has 0 aliphatic carbocycles. The number of anilines is 1. The Morgan fingerprint density at radius 3 is 2.75 bits per heavy atom. The van der Waals surface area contributed by atoms with Crippen molar-refractivity contribution in [3.8, 4) is 0 Å². The van der Waals surface area contributed by atoms with Gasteiger partial charge < -0.3 is 10.2 Å². The maximum Gasteiger partial charge on any atom is 0.253 e. The molecule has 2 aromatic rings. The first-order chi connectivity index (χ1) is 9.49. The summed E-state index contributed by atoms with van der Waals surface area (Å²) in [5.74, 6) is -0.0507. The van der Waals surface area contributed by atoms with Crippen molar-refractivity contribution in [2.24, 2.45) is 7.05 Å². The maximum absolute atomic E-state index is 11.9. The third-order valence-corrected chi connectivity index (χ3v) is 3.33. The Labute approximate surface area is 123 Å². The van der Waals surface area contributed by atoms with E-state index in [-0.39, 0.29) is 5.91 Å². The largest absolute Gasteiger partial charge is 0.378 e. The van der Waals surface area contributed by atoms with Crippen molar-refractivity contribution in [3.63, 3.8) is 0 Å². The molecule has 0 saturated carbocycles. The number of hydrogen-bond donors (Lipinski definition) is 1. The number of aromatic nitrogens is 2. The first-order valence-corrected chi connectivity index (χ1v) is 6.59. The van der Waals surface area contributed by atoms with E-state index in [0.29, 0.717) is 17.1 Å². The van der Waals surface area contributed by atoms with Gasteiger partial charge in [-0.15, -0.1) is 0 Å². The van der Waals surface area contributed by atoms with Crippen molar-refractivity contribution in [3.05, 3.63) is 46.7 Å². The van der Waals surface area contributed by atoms with Gasteiger partial charge in [-0.1, -0.05) is 11.6 Å². The van der Waals surface area contributed by atoms with Gasteiger partial charge in [-0.2, -0.15) is 5.10 Å². The summed E-state index contributed by atoms with van der Waals surface area (Å²) in [6.45, 7) is 0.593. The van der Waals surface area contributed by atoms with Crippen LogP contribution in [-0.4, -0.2) is 34.7 Å². The second-order valence-corrected chi connectivity index (χ2v) is 5.10. The molecular formula is C14H17ClN4O. The zero-order valence-corrected chi connectivity index (χ0v) is 12.5. The van der Waals surface area contributed by atoms with Crippen molar-refractivity contribution in [2.45, 2.75) is 6.54 Å². The fourth-order valence-corrected chi connectivity index (χ4v) is 2.00. The van der Waals surface area contributed by atoms with Gasteiger partial charge >= 0.3 is 0 Å². The van der Waals surface area contributed by atoms with E-state index in [1.165, 1.54) is 4.90 Å². The van der Waals surface area contributed by atoms with Gasteiger partial charge in [0.25, 0.3) is 5.91 Å². The molecule has 0 unspecified atom stereocenters. The molecule has 0 spiro atoms. The zero-order chi connectivity index (χ0) is 14.7. The predicted molar refractivity (Wildman–Crippen MR) is 80.0 cm³/mol. The average Bonchev–Trinajstić information content (AvgIpc) is 2.82. The van der Waals surface area contributed by atoms with Gasteiger partial charge in [-0.25, -0.2) is 0 Å². The summed E-state index contributed by atoms with van der Waals surface area (Å²) < 4.78 is 1.79. The number of amides is 1. The minimum absolute atomic E-state index is 0.0507. The lowest BCUT2D eigenvalue weighted by Gasteiger charge is -2.13. The molecule has 0 atom stereocenters. The molecule has 0 bridgehead atoms. The molecule has 1 amide bonds. The van der Waals surface area contributed by atoms with E-state index in [0.717, 1.165) is 11.4 Å². The van der Waals surface area contributed by atoms with Gasteiger partial charge in [0.2, 0.25) is 0 Å². The highest BCUT2D eigenvalue weighted by Gasteiger charge is 2.10. The highest BCUT2D eigenvalue weighted by Crippen LogP contribution is 2.24. The summed E-state index contributed by atoms with van der Waals surface area (Å²) in [5, 5.41) is 7.92. The third-order valence-electron chi connectivity index (χ3n) is 3.00. The Kier molecular flexibility index (Phi) is 4.29. The van der Waals surface area contributed by atoms with Gasteiger partial charge in [0.05, 0.1) is 22.9 Å². The summed E-state index contributed by atoms with van der Waals surface area (Å²) in [6, 6.07) is 7.14. The fourth-order valence-electron chi connectivity index (χ4n) is 1.81. The van der Waals surface area contributed by atoms with Crippen LogP contribution in [0, 0.1) is 0 Å². The molecule has 1 N–H and O–H groups in total. The third kappa shape index (κ3) is 3.11. The van der Waals surface area contributed by atoms with E-state index in [2.05, 4.69) is 10.4 Å². The normalized spacial score (nSPS) is 10.4. The average molecular weight is 293 g/mol. The van der Waals surface area contributed by atoms with Crippen LogP contribution in [0.15, 0.2) is 30.5 Å². The number of carbonyl (C=O) groups is 1. The van der Waals surface area contributed by atoms with Crippen LogP contribution in [0.3, 0.4) is 0 Å². The molecular weight excluding hydrogens is 276 g/mol. The number of rotatable bonds is 4. The fraction of sp³-hybridized carbons (Fsp3) is 0.286. The van der Waals surface area contributed by atoms with Crippen LogP contribution in [0.25, 0.3) is 0 Å². The zero-order valence-electron chi connectivity index (χ0n) is 11.7. The van der Waals surface area contributed by atoms with Crippen molar-refractivity contribution < 1.29 is 4.79 Å². The highest BCUT2D eigenvalue weighted by atomic mass is 35.5. The Morgan fingerprint density at radius 2 is 2.15 bits per heavy atom. The van der Waals surface area contributed by atoms with E-state index in [9.17, 15) is 4.79 Å². The molecule has 0 aliphatic rings. The summed E-state index contributed by atoms with van der Waals surface area (Å²) in [5.41, 5.74) is 2.37. The van der Waals surface area contributed by atoms with Gasteiger partial charge in [-0.3, -0.25) is 9.48 Å². The molecule has 6 heteroatoms. The van der Waals surface area contributed by atoms with Crippen LogP contribution in [-0.2, 0) is 13.6 Å². The van der Waals surface area contributed by atoms with Gasteiger partial charge in [0, 0.05) is 32.9 Å². The van der Waals surface area contributed by atoms with Crippen LogP contribution in [0.5, 0.6) is 0 Å². The molecule has 0 radical (unpaired) electrons. The van der Waals surface area contributed by atoms with Gasteiger partial charge in [0.1, 0.15) is 0 Å². The molecule has 20 heavy (non-hydrogen) atoms. The first kappa shape index (κ1) is 14.4. The second kappa shape index (κ2) is 5.96. The number of carbonyl (C=O) groups excluding carboxylic acids is 1. The molecule has 2 rings (SSSR count). The standard InChI is InChI=1S/C14H17ClN4O/c1-18(2)14(20)10-4-5-12(15)13(8-10)16-9-11-6-7-17-19(11)3/h4-8,16H,9H2,1-3H3. The molecule has 0 saturated heterocycles. The number of benzene rings is 1. The topological polar surface area (TPSA) is 50.2 Å². The van der Waals surface area contributed by atoms with Crippen molar-refractivity contribution in [1.82, 2.24) is 14.7 Å². The van der Waals surface area contributed by atoms with Crippen LogP contribution in [0.1, 0.15) is 16.1 Å². The number of nitrogens with one attached hydrogen (secondary N) is 1. The lowest BCUT2D eigenvalue weighted by atomic mass is 10.1. The lowest BCUT2D eigenvalue weighted by molar-refractivity contribution is 0.0827. The number of aryl methyl sites for hydroxylation is 1.